The highest BCUT2D eigenvalue weighted by Gasteiger charge is 2.14. The minimum Gasteiger partial charge on any atom is -0.362 e. The van der Waals surface area contributed by atoms with Crippen molar-refractivity contribution in [3.05, 3.63) is 45.7 Å². The maximum atomic E-state index is 12.6. The van der Waals surface area contributed by atoms with E-state index in [0.29, 0.717) is 17.6 Å². The molecule has 0 unspecified atom stereocenters. The number of thiocarbonyl (C=S) groups is 1. The van der Waals surface area contributed by atoms with Crippen LogP contribution in [0.15, 0.2) is 29.1 Å². The van der Waals surface area contributed by atoms with Crippen molar-refractivity contribution in [1.29, 1.82) is 0 Å². The van der Waals surface area contributed by atoms with Crippen LogP contribution in [0.4, 0.5) is 0 Å². The van der Waals surface area contributed by atoms with Gasteiger partial charge in [0.15, 0.2) is 5.11 Å². The van der Waals surface area contributed by atoms with Crippen LogP contribution in [-0.4, -0.2) is 53.6 Å². The van der Waals surface area contributed by atoms with E-state index in [1.165, 1.54) is 5.56 Å². The van der Waals surface area contributed by atoms with Crippen molar-refractivity contribution in [1.82, 2.24) is 20.1 Å². The number of aromatic nitrogens is 1. The molecule has 2 aromatic rings. The summed E-state index contributed by atoms with van der Waals surface area (Å²) in [4.78, 5) is 19.8. The van der Waals surface area contributed by atoms with Gasteiger partial charge in [-0.15, -0.1) is 0 Å². The van der Waals surface area contributed by atoms with E-state index in [2.05, 4.69) is 53.0 Å². The molecule has 0 spiro atoms. The van der Waals surface area contributed by atoms with Gasteiger partial charge in [-0.1, -0.05) is 26.8 Å². The van der Waals surface area contributed by atoms with Crippen molar-refractivity contribution in [3.8, 4) is 0 Å². The molecule has 0 radical (unpaired) electrons. The number of pyridine rings is 1. The molecule has 5 nitrogen and oxygen atoms in total. The maximum Gasteiger partial charge on any atom is 0.253 e. The predicted octanol–water partition coefficient (Wildman–Crippen LogP) is 2.98. The van der Waals surface area contributed by atoms with Crippen molar-refractivity contribution < 1.29 is 0 Å². The first-order valence-corrected chi connectivity index (χ1v) is 10.0. The molecule has 1 heterocycles. The van der Waals surface area contributed by atoms with Gasteiger partial charge in [0.05, 0.1) is 6.54 Å². The molecule has 2 rings (SSSR count). The maximum absolute atomic E-state index is 12.6. The summed E-state index contributed by atoms with van der Waals surface area (Å²) in [6, 6.07) is 8.19. The summed E-state index contributed by atoms with van der Waals surface area (Å²) >= 11 is 5.61. The number of aromatic amines is 1. The first kappa shape index (κ1) is 21.4. The Kier molecular flexibility index (Phi) is 7.80. The summed E-state index contributed by atoms with van der Waals surface area (Å²) in [5.74, 6) is 0.509. The van der Waals surface area contributed by atoms with Crippen molar-refractivity contribution in [3.63, 3.8) is 0 Å². The van der Waals surface area contributed by atoms with Gasteiger partial charge in [0.25, 0.3) is 5.56 Å². The van der Waals surface area contributed by atoms with Gasteiger partial charge in [0.2, 0.25) is 0 Å². The predicted molar refractivity (Wildman–Crippen MR) is 118 cm³/mol. The van der Waals surface area contributed by atoms with Gasteiger partial charge in [0, 0.05) is 30.7 Å². The van der Waals surface area contributed by atoms with Crippen LogP contribution >= 0.6 is 12.2 Å². The largest absolute Gasteiger partial charge is 0.362 e. The van der Waals surface area contributed by atoms with Gasteiger partial charge in [-0.25, -0.2) is 0 Å². The second kappa shape index (κ2) is 9.85. The third-order valence-electron chi connectivity index (χ3n) is 4.52. The number of aryl methyl sites for hydroxylation is 1. The minimum absolute atomic E-state index is 0.0479. The lowest BCUT2D eigenvalue weighted by Crippen LogP contribution is -2.44. The molecular formula is C21H32N4OS. The van der Waals surface area contributed by atoms with E-state index in [1.807, 2.05) is 26.2 Å². The summed E-state index contributed by atoms with van der Waals surface area (Å²) in [6.07, 6.45) is 0.975. The molecule has 148 valence electrons. The Labute approximate surface area is 167 Å². The van der Waals surface area contributed by atoms with Crippen LogP contribution in [0, 0.1) is 5.92 Å². The Balaban J connectivity index is 2.27. The average molecular weight is 389 g/mol. The van der Waals surface area contributed by atoms with Crippen LogP contribution in [0.3, 0.4) is 0 Å². The molecule has 0 aliphatic rings. The molecule has 1 aromatic carbocycles. The fourth-order valence-electron chi connectivity index (χ4n) is 2.82. The van der Waals surface area contributed by atoms with Crippen molar-refractivity contribution in [2.24, 2.45) is 5.92 Å². The average Bonchev–Trinajstić information content (AvgIpc) is 2.62. The standard InChI is InChI=1S/C21H32N4OS/c1-6-16-7-8-19-17(11-16)12-18(20(26)23-19)14-25(10-9-24(4)5)21(27)22-13-15(2)3/h7-8,11-12,15H,6,9-10,13-14H2,1-5H3,(H,22,27)(H,23,26). The Bertz CT molecular complexity index is 829. The summed E-state index contributed by atoms with van der Waals surface area (Å²) in [6.45, 7) is 9.40. The summed E-state index contributed by atoms with van der Waals surface area (Å²) in [7, 11) is 4.08. The van der Waals surface area contributed by atoms with Crippen LogP contribution in [0.5, 0.6) is 0 Å². The molecule has 0 aliphatic heterocycles. The number of nitrogens with one attached hydrogen (secondary N) is 2. The van der Waals surface area contributed by atoms with E-state index in [0.717, 1.165) is 42.5 Å². The van der Waals surface area contributed by atoms with E-state index in [1.54, 1.807) is 0 Å². The van der Waals surface area contributed by atoms with Gasteiger partial charge in [-0.2, -0.15) is 0 Å². The van der Waals surface area contributed by atoms with Crippen molar-refractivity contribution >= 4 is 28.2 Å². The number of likely N-dealkylation sites (N-methyl/N-ethyl adjacent to an activating group) is 1. The Hall–Kier alpha value is -1.92. The molecular weight excluding hydrogens is 356 g/mol. The number of fused-ring (bicyclic) bond motifs is 1. The lowest BCUT2D eigenvalue weighted by atomic mass is 10.1. The van der Waals surface area contributed by atoms with E-state index in [9.17, 15) is 4.79 Å². The first-order valence-electron chi connectivity index (χ1n) is 9.62. The molecule has 0 bridgehead atoms. The number of H-pyrrole nitrogens is 1. The van der Waals surface area contributed by atoms with Crippen LogP contribution in [0.1, 0.15) is 31.9 Å². The molecule has 2 N–H and O–H groups in total. The lowest BCUT2D eigenvalue weighted by molar-refractivity contribution is 0.321. The molecule has 6 heteroatoms. The van der Waals surface area contributed by atoms with Crippen molar-refractivity contribution in [2.45, 2.75) is 33.7 Å². The normalized spacial score (nSPS) is 11.4. The van der Waals surface area contributed by atoms with Gasteiger partial charge >= 0.3 is 0 Å². The fraction of sp³-hybridized carbons (Fsp3) is 0.524. The minimum atomic E-state index is -0.0479. The van der Waals surface area contributed by atoms with Gasteiger partial charge in [-0.3, -0.25) is 4.79 Å². The molecule has 0 amide bonds. The molecule has 0 saturated carbocycles. The van der Waals surface area contributed by atoms with Gasteiger partial charge in [0.1, 0.15) is 0 Å². The first-order chi connectivity index (χ1) is 12.8. The quantitative estimate of drug-likeness (QED) is 0.681. The molecule has 0 fully saturated rings. The summed E-state index contributed by atoms with van der Waals surface area (Å²) in [5.41, 5.74) is 2.83. The number of hydrogen-bond acceptors (Lipinski definition) is 3. The van der Waals surface area contributed by atoms with Gasteiger partial charge < -0.3 is 20.1 Å². The number of nitrogens with zero attached hydrogens (tertiary/aromatic N) is 2. The Morgan fingerprint density at radius 1 is 1.22 bits per heavy atom. The smallest absolute Gasteiger partial charge is 0.253 e. The van der Waals surface area contributed by atoms with Crippen LogP contribution in [0.25, 0.3) is 10.9 Å². The number of hydrogen-bond donors (Lipinski definition) is 2. The highest BCUT2D eigenvalue weighted by molar-refractivity contribution is 7.80. The van der Waals surface area contributed by atoms with E-state index < -0.39 is 0 Å². The highest BCUT2D eigenvalue weighted by Crippen LogP contribution is 2.15. The van der Waals surface area contributed by atoms with Crippen LogP contribution < -0.4 is 10.9 Å². The number of rotatable bonds is 8. The number of benzene rings is 1. The molecule has 1 aromatic heterocycles. The second-order valence-electron chi connectivity index (χ2n) is 7.70. The molecule has 27 heavy (non-hydrogen) atoms. The fourth-order valence-corrected chi connectivity index (χ4v) is 3.06. The zero-order chi connectivity index (χ0) is 20.0. The zero-order valence-electron chi connectivity index (χ0n) is 17.1. The van der Waals surface area contributed by atoms with E-state index >= 15 is 0 Å². The molecule has 0 atom stereocenters. The SMILES string of the molecule is CCc1ccc2[nH]c(=O)c(CN(CCN(C)C)C(=S)NCC(C)C)cc2c1. The second-order valence-corrected chi connectivity index (χ2v) is 8.09. The van der Waals surface area contributed by atoms with E-state index in [4.69, 9.17) is 12.2 Å². The summed E-state index contributed by atoms with van der Waals surface area (Å²) in [5, 5.41) is 5.10. The summed E-state index contributed by atoms with van der Waals surface area (Å²) < 4.78 is 0. The third-order valence-corrected chi connectivity index (χ3v) is 4.92. The lowest BCUT2D eigenvalue weighted by Gasteiger charge is -2.27. The Morgan fingerprint density at radius 2 is 1.96 bits per heavy atom. The molecule has 0 saturated heterocycles. The third kappa shape index (κ3) is 6.33. The van der Waals surface area contributed by atoms with Crippen molar-refractivity contribution in [2.75, 3.05) is 33.7 Å². The molecule has 0 aliphatic carbocycles. The van der Waals surface area contributed by atoms with Crippen LogP contribution in [-0.2, 0) is 13.0 Å². The van der Waals surface area contributed by atoms with E-state index in [-0.39, 0.29) is 5.56 Å². The Morgan fingerprint density at radius 3 is 2.59 bits per heavy atom. The topological polar surface area (TPSA) is 51.4 Å². The van der Waals surface area contributed by atoms with Crippen LogP contribution in [0.2, 0.25) is 0 Å². The highest BCUT2D eigenvalue weighted by atomic mass is 32.1. The zero-order valence-corrected chi connectivity index (χ0v) is 17.9. The monoisotopic (exact) mass is 388 g/mol. The van der Waals surface area contributed by atoms with Gasteiger partial charge in [-0.05, 0) is 67.8 Å².